The molecule has 5 atom stereocenters. The normalized spacial score (nSPS) is 34.4. The van der Waals surface area contributed by atoms with Crippen LogP contribution in [0.15, 0.2) is 0 Å². The molecule has 0 saturated carbocycles. The third kappa shape index (κ3) is 7.70. The molecule has 5 unspecified atom stereocenters. The molecule has 0 nitrogen and oxygen atoms in total. The van der Waals surface area contributed by atoms with Crippen LogP contribution in [0, 0.1) is 0 Å². The van der Waals surface area contributed by atoms with Gasteiger partial charge in [0.15, 0.2) is 0 Å². The van der Waals surface area contributed by atoms with Crippen LogP contribution in [0.25, 0.3) is 0 Å². The Morgan fingerprint density at radius 1 is 1.00 bits per heavy atom. The molecule has 2 aliphatic rings. The van der Waals surface area contributed by atoms with Gasteiger partial charge < -0.3 is 0 Å². The average molecular weight is 437 g/mol. The Balaban J connectivity index is 1.49. The van der Waals surface area contributed by atoms with E-state index in [-0.39, 0.29) is 0 Å². The zero-order valence-electron chi connectivity index (χ0n) is 12.2. The van der Waals surface area contributed by atoms with E-state index in [0.29, 0.717) is 0 Å². The smallest absolute Gasteiger partial charge is 0.0596 e. The second-order valence-electron chi connectivity index (χ2n) is 5.09. The molecule has 2 rings (SSSR count). The summed E-state index contributed by atoms with van der Waals surface area (Å²) >= 11 is 21.7. The second-order valence-corrected chi connectivity index (χ2v) is 14.4. The van der Waals surface area contributed by atoms with Crippen molar-refractivity contribution in [2.24, 2.45) is 0 Å². The summed E-state index contributed by atoms with van der Waals surface area (Å²) in [6, 6.07) is 0. The van der Waals surface area contributed by atoms with E-state index in [4.69, 9.17) is 0 Å². The predicted octanol–water partition coefficient (Wildman–Crippen LogP) is 5.05. The minimum Gasteiger partial charge on any atom is -0.178 e. The zero-order chi connectivity index (χ0) is 15.1. The summed E-state index contributed by atoms with van der Waals surface area (Å²) in [5, 5.41) is 2.35. The molecule has 0 aromatic heterocycles. The molecule has 0 N–H and O–H groups in total. The van der Waals surface area contributed by atoms with Gasteiger partial charge in [-0.15, -0.1) is 47.0 Å². The van der Waals surface area contributed by atoms with E-state index in [2.05, 4.69) is 103 Å². The molecule has 2 saturated heterocycles. The Hall–Kier alpha value is 2.80. The molecule has 0 amide bonds. The van der Waals surface area contributed by atoms with Crippen molar-refractivity contribution in [1.82, 2.24) is 0 Å². The van der Waals surface area contributed by atoms with E-state index < -0.39 is 0 Å². The van der Waals surface area contributed by atoms with Crippen LogP contribution < -0.4 is 0 Å². The Morgan fingerprint density at radius 2 is 1.57 bits per heavy atom. The number of hydrogen-bond acceptors (Lipinski definition) is 8. The van der Waals surface area contributed by atoms with Gasteiger partial charge in [0.1, 0.15) is 0 Å². The molecular formula is C13H24S8. The van der Waals surface area contributed by atoms with Gasteiger partial charge in [0.25, 0.3) is 0 Å². The van der Waals surface area contributed by atoms with Crippen molar-refractivity contribution in [3.8, 4) is 0 Å². The van der Waals surface area contributed by atoms with Gasteiger partial charge in [0, 0.05) is 56.0 Å². The van der Waals surface area contributed by atoms with Crippen molar-refractivity contribution in [2.45, 2.75) is 31.8 Å². The molecule has 8 heteroatoms. The lowest BCUT2D eigenvalue weighted by Crippen LogP contribution is -2.09. The summed E-state index contributed by atoms with van der Waals surface area (Å²) in [7, 11) is 0. The highest BCUT2D eigenvalue weighted by Crippen LogP contribution is 2.42. The summed E-state index contributed by atoms with van der Waals surface area (Å²) in [5.41, 5.74) is 0. The molecular weight excluding hydrogens is 413 g/mol. The fraction of sp³-hybridized carbons (Fsp3) is 1.00. The Bertz CT molecular complexity index is 289. The highest BCUT2D eigenvalue weighted by atomic mass is 32.2. The molecule has 0 aromatic rings. The lowest BCUT2D eigenvalue weighted by molar-refractivity contribution is 1.12. The molecule has 21 heavy (non-hydrogen) atoms. The third-order valence-electron chi connectivity index (χ3n) is 3.16. The van der Waals surface area contributed by atoms with Crippen LogP contribution in [-0.4, -0.2) is 65.2 Å². The average Bonchev–Trinajstić information content (AvgIpc) is 3.14. The Kier molecular flexibility index (Phi) is 10.9. The third-order valence-corrected chi connectivity index (χ3v) is 14.7. The lowest BCUT2D eigenvalue weighted by atomic mass is 10.6. The molecule has 0 aromatic carbocycles. The molecule has 0 radical (unpaired) electrons. The summed E-state index contributed by atoms with van der Waals surface area (Å²) in [6.45, 7) is 2.39. The van der Waals surface area contributed by atoms with Crippen molar-refractivity contribution in [2.75, 3.05) is 40.3 Å². The minimum atomic E-state index is 0.781. The van der Waals surface area contributed by atoms with Crippen LogP contribution in [0.5, 0.6) is 0 Å². The maximum Gasteiger partial charge on any atom is 0.0596 e. The zero-order valence-corrected chi connectivity index (χ0v) is 18.9. The summed E-state index contributed by atoms with van der Waals surface area (Å²) < 4.78 is 1.61. The lowest BCUT2D eigenvalue weighted by Gasteiger charge is -2.15. The van der Waals surface area contributed by atoms with Crippen molar-refractivity contribution in [1.29, 1.82) is 0 Å². The van der Waals surface area contributed by atoms with Gasteiger partial charge in [0.05, 0.1) is 9.16 Å². The van der Waals surface area contributed by atoms with Crippen LogP contribution >= 0.6 is 95.8 Å². The van der Waals surface area contributed by atoms with Gasteiger partial charge in [-0.2, -0.15) is 48.8 Å². The van der Waals surface area contributed by atoms with Gasteiger partial charge >= 0.3 is 0 Å². The summed E-state index contributed by atoms with van der Waals surface area (Å²) in [4.78, 5) is 0. The van der Waals surface area contributed by atoms with Crippen LogP contribution in [0.2, 0.25) is 0 Å². The SMILES string of the molecule is CC(CSCC1SCC(CS)S1)SCC1SCC(CS)S1. The molecule has 2 fully saturated rings. The largest absolute Gasteiger partial charge is 0.178 e. The van der Waals surface area contributed by atoms with E-state index in [1.807, 2.05) is 0 Å². The first-order valence-corrected chi connectivity index (χ1v) is 14.6. The molecule has 0 aliphatic carbocycles. The van der Waals surface area contributed by atoms with E-state index >= 15 is 0 Å². The highest BCUT2D eigenvalue weighted by Gasteiger charge is 2.26. The first-order valence-electron chi connectivity index (χ1n) is 7.16. The predicted molar refractivity (Wildman–Crippen MR) is 122 cm³/mol. The van der Waals surface area contributed by atoms with Crippen molar-refractivity contribution in [3.05, 3.63) is 0 Å². The van der Waals surface area contributed by atoms with Crippen LogP contribution in [0.1, 0.15) is 6.92 Å². The van der Waals surface area contributed by atoms with Crippen LogP contribution in [0.4, 0.5) is 0 Å². The topological polar surface area (TPSA) is 0 Å². The number of thioether (sulfide) groups is 6. The van der Waals surface area contributed by atoms with Gasteiger partial charge in [-0.1, -0.05) is 6.92 Å². The fourth-order valence-corrected chi connectivity index (χ4v) is 12.7. The minimum absolute atomic E-state index is 0.781. The molecule has 0 spiro atoms. The van der Waals surface area contributed by atoms with E-state index in [9.17, 15) is 0 Å². The maximum absolute atomic E-state index is 4.41. The molecule has 2 aliphatic heterocycles. The maximum atomic E-state index is 4.41. The standard InChI is InChI=1S/C13H24S8/c1-9(17-8-13-19-6-11(3-15)21-13)4-16-7-12-18-5-10(2-14)20-12/h9-15H,2-8H2,1H3. The Labute approximate surface area is 166 Å². The molecule has 124 valence electrons. The van der Waals surface area contributed by atoms with Crippen molar-refractivity contribution < 1.29 is 0 Å². The first kappa shape index (κ1) is 20.1. The van der Waals surface area contributed by atoms with Crippen LogP contribution in [0.3, 0.4) is 0 Å². The van der Waals surface area contributed by atoms with Crippen LogP contribution in [-0.2, 0) is 0 Å². The Morgan fingerprint density at radius 3 is 2.10 bits per heavy atom. The first-order chi connectivity index (χ1) is 10.2. The van der Waals surface area contributed by atoms with E-state index in [0.717, 1.165) is 36.4 Å². The number of rotatable bonds is 9. The quantitative estimate of drug-likeness (QED) is 0.482. The van der Waals surface area contributed by atoms with E-state index in [1.165, 1.54) is 28.8 Å². The van der Waals surface area contributed by atoms with Crippen molar-refractivity contribution >= 4 is 95.8 Å². The molecule has 2 heterocycles. The monoisotopic (exact) mass is 436 g/mol. The fourth-order valence-electron chi connectivity index (χ4n) is 2.00. The number of hydrogen-bond donors (Lipinski definition) is 2. The van der Waals surface area contributed by atoms with Gasteiger partial charge in [-0.05, 0) is 0 Å². The van der Waals surface area contributed by atoms with E-state index in [1.54, 1.807) is 0 Å². The summed E-state index contributed by atoms with van der Waals surface area (Å²) in [6.07, 6.45) is 0. The van der Waals surface area contributed by atoms with Gasteiger partial charge in [0.2, 0.25) is 0 Å². The number of thiol groups is 2. The van der Waals surface area contributed by atoms with Gasteiger partial charge in [-0.3, -0.25) is 0 Å². The highest BCUT2D eigenvalue weighted by molar-refractivity contribution is 8.22. The van der Waals surface area contributed by atoms with Gasteiger partial charge in [-0.25, -0.2) is 0 Å². The summed E-state index contributed by atoms with van der Waals surface area (Å²) in [5.74, 6) is 8.57. The molecule has 0 bridgehead atoms. The van der Waals surface area contributed by atoms with Crippen molar-refractivity contribution in [3.63, 3.8) is 0 Å². The second kappa shape index (κ2) is 11.4.